The highest BCUT2D eigenvalue weighted by Gasteiger charge is 2.34. The van der Waals surface area contributed by atoms with E-state index in [2.05, 4.69) is 15.3 Å². The molecule has 1 saturated carbocycles. The molecular formula is C27H35Cl2FN4O4. The van der Waals surface area contributed by atoms with E-state index in [4.69, 9.17) is 37.4 Å². The Labute approximate surface area is 232 Å². The summed E-state index contributed by atoms with van der Waals surface area (Å²) in [6, 6.07) is 8.11. The summed E-state index contributed by atoms with van der Waals surface area (Å²) in [6.07, 6.45) is 5.97. The van der Waals surface area contributed by atoms with Gasteiger partial charge in [0.25, 0.3) is 5.56 Å². The fourth-order valence-electron chi connectivity index (χ4n) is 5.61. The van der Waals surface area contributed by atoms with Gasteiger partial charge < -0.3 is 24.4 Å². The molecule has 0 spiro atoms. The van der Waals surface area contributed by atoms with Gasteiger partial charge in [-0.3, -0.25) is 4.79 Å². The first-order valence-electron chi connectivity index (χ1n) is 13.4. The molecule has 5 rings (SSSR count). The molecule has 3 heterocycles. The number of ether oxygens (including phenoxy) is 3. The number of benzene rings is 1. The van der Waals surface area contributed by atoms with Gasteiger partial charge in [-0.15, -0.1) is 0 Å². The van der Waals surface area contributed by atoms with Crippen LogP contribution in [0.4, 0.5) is 15.8 Å². The van der Waals surface area contributed by atoms with Crippen molar-refractivity contribution >= 4 is 34.6 Å². The Morgan fingerprint density at radius 1 is 1.11 bits per heavy atom. The number of nitrogens with one attached hydrogen (secondary N) is 1. The van der Waals surface area contributed by atoms with E-state index < -0.39 is 5.67 Å². The van der Waals surface area contributed by atoms with Crippen LogP contribution in [0.2, 0.25) is 10.0 Å². The zero-order chi connectivity index (χ0) is 26.5. The van der Waals surface area contributed by atoms with E-state index in [9.17, 15) is 9.18 Å². The van der Waals surface area contributed by atoms with Crippen LogP contribution in [-0.4, -0.2) is 73.7 Å². The lowest BCUT2D eigenvalue weighted by atomic mass is 9.89. The monoisotopic (exact) mass is 568 g/mol. The molecule has 8 nitrogen and oxygen atoms in total. The lowest BCUT2D eigenvalue weighted by Gasteiger charge is -2.40. The molecule has 2 saturated heterocycles. The van der Waals surface area contributed by atoms with E-state index in [1.165, 1.54) is 10.9 Å². The van der Waals surface area contributed by atoms with Crippen LogP contribution in [0.5, 0.6) is 0 Å². The topological polar surface area (TPSA) is 77.9 Å². The number of rotatable bonds is 8. The van der Waals surface area contributed by atoms with Crippen molar-refractivity contribution in [3.8, 4) is 0 Å². The first-order valence-corrected chi connectivity index (χ1v) is 14.2. The summed E-state index contributed by atoms with van der Waals surface area (Å²) in [5.74, 6) is 0. The van der Waals surface area contributed by atoms with Crippen molar-refractivity contribution in [1.82, 2.24) is 9.78 Å². The number of anilines is 2. The molecule has 1 aromatic heterocycles. The molecule has 2 aliphatic heterocycles. The molecule has 0 amide bonds. The van der Waals surface area contributed by atoms with Gasteiger partial charge in [0.2, 0.25) is 0 Å². The van der Waals surface area contributed by atoms with Crippen molar-refractivity contribution in [2.24, 2.45) is 0 Å². The van der Waals surface area contributed by atoms with E-state index in [1.54, 1.807) is 0 Å². The molecule has 2 aromatic rings. The number of nitrogens with zero attached hydrogens (tertiary/aromatic N) is 3. The van der Waals surface area contributed by atoms with Crippen LogP contribution in [-0.2, 0) is 14.2 Å². The smallest absolute Gasteiger partial charge is 0.287 e. The van der Waals surface area contributed by atoms with E-state index in [1.807, 2.05) is 24.3 Å². The van der Waals surface area contributed by atoms with Gasteiger partial charge in [-0.25, -0.2) is 9.07 Å². The van der Waals surface area contributed by atoms with Crippen LogP contribution >= 0.6 is 23.2 Å². The molecule has 0 bridgehead atoms. The van der Waals surface area contributed by atoms with Gasteiger partial charge in [-0.1, -0.05) is 23.2 Å². The summed E-state index contributed by atoms with van der Waals surface area (Å²) in [7, 11) is 0. The molecule has 38 heavy (non-hydrogen) atoms. The van der Waals surface area contributed by atoms with Crippen LogP contribution < -0.4 is 15.8 Å². The zero-order valence-corrected chi connectivity index (χ0v) is 22.9. The predicted molar refractivity (Wildman–Crippen MR) is 147 cm³/mol. The zero-order valence-electron chi connectivity index (χ0n) is 21.4. The summed E-state index contributed by atoms with van der Waals surface area (Å²) in [6.45, 7) is 3.18. The minimum atomic E-state index is -1.47. The third kappa shape index (κ3) is 6.62. The molecule has 1 aromatic carbocycles. The van der Waals surface area contributed by atoms with E-state index >= 15 is 0 Å². The molecule has 3 fully saturated rings. The van der Waals surface area contributed by atoms with Crippen LogP contribution in [0.15, 0.2) is 35.3 Å². The van der Waals surface area contributed by atoms with Crippen molar-refractivity contribution < 1.29 is 18.6 Å². The van der Waals surface area contributed by atoms with Gasteiger partial charge in [0.15, 0.2) is 5.67 Å². The molecule has 2 atom stereocenters. The quantitative estimate of drug-likeness (QED) is 0.486. The summed E-state index contributed by atoms with van der Waals surface area (Å²) >= 11 is 12.6. The van der Waals surface area contributed by atoms with Crippen molar-refractivity contribution in [2.45, 2.75) is 62.4 Å². The van der Waals surface area contributed by atoms with Crippen molar-refractivity contribution in [1.29, 1.82) is 0 Å². The van der Waals surface area contributed by atoms with Crippen molar-refractivity contribution in [3.63, 3.8) is 0 Å². The second-order valence-corrected chi connectivity index (χ2v) is 11.3. The number of alkyl halides is 1. The average molecular weight is 570 g/mol. The second-order valence-electron chi connectivity index (χ2n) is 10.4. The van der Waals surface area contributed by atoms with Gasteiger partial charge in [0.05, 0.1) is 57.0 Å². The highest BCUT2D eigenvalue weighted by atomic mass is 35.5. The molecule has 1 aliphatic carbocycles. The normalized spacial score (nSPS) is 28.1. The Morgan fingerprint density at radius 3 is 2.58 bits per heavy atom. The molecule has 208 valence electrons. The standard InChI is InChI=1S/C27H35Cl2FN4O4/c28-19-2-4-20(5-3-19)33(15-23-16-36-12-13-38-23)21-6-8-22(9-7-21)34-26(35)25(29)24(14-32-34)31-17-27(30)10-1-11-37-18-27/h2-5,14,21-23,31H,1,6-13,15-18H2/t21-,22+,23-,27+/m0/s1. The molecule has 0 radical (unpaired) electrons. The largest absolute Gasteiger partial charge is 0.379 e. The number of aromatic nitrogens is 2. The Kier molecular flexibility index (Phi) is 9.10. The van der Waals surface area contributed by atoms with Gasteiger partial charge >= 0.3 is 0 Å². The minimum Gasteiger partial charge on any atom is -0.379 e. The highest BCUT2D eigenvalue weighted by molar-refractivity contribution is 6.33. The van der Waals surface area contributed by atoms with Crippen LogP contribution in [0.3, 0.4) is 0 Å². The third-order valence-electron chi connectivity index (χ3n) is 7.71. The second kappa shape index (κ2) is 12.5. The summed E-state index contributed by atoms with van der Waals surface area (Å²) in [5, 5.41) is 8.13. The van der Waals surface area contributed by atoms with Gasteiger partial charge in [0.1, 0.15) is 5.02 Å². The van der Waals surface area contributed by atoms with Crippen molar-refractivity contribution in [3.05, 3.63) is 50.9 Å². The summed E-state index contributed by atoms with van der Waals surface area (Å²) in [5.41, 5.74) is -0.377. The summed E-state index contributed by atoms with van der Waals surface area (Å²) < 4.78 is 33.2. The maximum atomic E-state index is 14.9. The molecule has 11 heteroatoms. The number of halogens is 3. The number of hydrogen-bond donors (Lipinski definition) is 1. The van der Waals surface area contributed by atoms with Crippen LogP contribution in [0, 0.1) is 0 Å². The van der Waals surface area contributed by atoms with E-state index in [-0.39, 0.29) is 41.9 Å². The van der Waals surface area contributed by atoms with Gasteiger partial charge in [-0.2, -0.15) is 5.10 Å². The molecular weight excluding hydrogens is 534 g/mol. The Morgan fingerprint density at radius 2 is 1.89 bits per heavy atom. The fourth-order valence-corrected chi connectivity index (χ4v) is 5.94. The first kappa shape index (κ1) is 27.6. The minimum absolute atomic E-state index is 0.00363. The fraction of sp³-hybridized carbons (Fsp3) is 0.630. The maximum Gasteiger partial charge on any atom is 0.287 e. The first-order chi connectivity index (χ1) is 18.4. The third-order valence-corrected chi connectivity index (χ3v) is 8.33. The molecule has 3 aliphatic rings. The Bertz CT molecular complexity index is 1120. The van der Waals surface area contributed by atoms with E-state index in [0.29, 0.717) is 50.0 Å². The van der Waals surface area contributed by atoms with Crippen LogP contribution in [0.25, 0.3) is 0 Å². The van der Waals surface area contributed by atoms with Crippen molar-refractivity contribution in [2.75, 3.05) is 56.3 Å². The molecule has 1 N–H and O–H groups in total. The van der Waals surface area contributed by atoms with Gasteiger partial charge in [-0.05, 0) is 62.8 Å². The highest BCUT2D eigenvalue weighted by Crippen LogP contribution is 2.34. The summed E-state index contributed by atoms with van der Waals surface area (Å²) in [4.78, 5) is 15.5. The van der Waals surface area contributed by atoms with Gasteiger partial charge in [0, 0.05) is 29.9 Å². The number of hydrogen-bond acceptors (Lipinski definition) is 7. The Balaban J connectivity index is 1.24. The predicted octanol–water partition coefficient (Wildman–Crippen LogP) is 4.89. The Hall–Kier alpha value is -1.91. The molecule has 0 unspecified atom stereocenters. The lowest BCUT2D eigenvalue weighted by Crippen LogP contribution is -2.46. The maximum absolute atomic E-state index is 14.9. The van der Waals surface area contributed by atoms with Crippen LogP contribution in [0.1, 0.15) is 44.6 Å². The van der Waals surface area contributed by atoms with E-state index in [0.717, 1.165) is 37.9 Å². The SMILES string of the molecule is O=c1c(Cl)c(NC[C@]2(F)CCCOC2)cnn1[C@H]1CC[C@@H](N(C[C@H]2COCCO2)c2ccc(Cl)cc2)CC1. The average Bonchev–Trinajstić information content (AvgIpc) is 2.94. The lowest BCUT2D eigenvalue weighted by molar-refractivity contribution is -0.0847.